The molecule has 0 saturated carbocycles. The minimum atomic E-state index is -4.07. The van der Waals surface area contributed by atoms with E-state index in [9.17, 15) is 35.1 Å². The first-order valence-electron chi connectivity index (χ1n) is 9.62. The summed E-state index contributed by atoms with van der Waals surface area (Å²) in [5.74, 6) is -9.23. The van der Waals surface area contributed by atoms with Crippen LogP contribution in [0.3, 0.4) is 0 Å². The van der Waals surface area contributed by atoms with Gasteiger partial charge < -0.3 is 9.47 Å². The van der Waals surface area contributed by atoms with Crippen molar-refractivity contribution in [1.29, 1.82) is 0 Å². The number of rotatable bonds is 8. The second-order valence-corrected chi connectivity index (χ2v) is 7.04. The summed E-state index contributed by atoms with van der Waals surface area (Å²) in [7, 11) is 0. The summed E-state index contributed by atoms with van der Waals surface area (Å²) in [5.41, 5.74) is -0.522. The normalized spacial score (nSPS) is 11.5. The fourth-order valence-corrected chi connectivity index (χ4v) is 3.03. The van der Waals surface area contributed by atoms with Gasteiger partial charge in [-0.15, -0.1) is 0 Å². The minimum Gasteiger partial charge on any atom is -0.483 e. The lowest BCUT2D eigenvalue weighted by Crippen LogP contribution is -2.32. The molecular formula is C23H16F8O2. The summed E-state index contributed by atoms with van der Waals surface area (Å²) in [5, 5.41) is 0. The first kappa shape index (κ1) is 24.3. The average molecular weight is 476 g/mol. The van der Waals surface area contributed by atoms with Crippen LogP contribution in [-0.2, 0) is 6.42 Å². The van der Waals surface area contributed by atoms with Gasteiger partial charge in [-0.1, -0.05) is 13.3 Å². The quantitative estimate of drug-likeness (QED) is 0.253. The Balaban J connectivity index is 1.74. The van der Waals surface area contributed by atoms with Crippen LogP contribution in [0.1, 0.15) is 18.9 Å². The highest BCUT2D eigenvalue weighted by atomic mass is 19.3. The van der Waals surface area contributed by atoms with Gasteiger partial charge in [0, 0.05) is 29.3 Å². The molecule has 10 heteroatoms. The van der Waals surface area contributed by atoms with Crippen LogP contribution in [0.15, 0.2) is 42.5 Å². The summed E-state index contributed by atoms with van der Waals surface area (Å²) in [4.78, 5) is 0. The van der Waals surface area contributed by atoms with Crippen LogP contribution < -0.4 is 9.47 Å². The van der Waals surface area contributed by atoms with Crippen molar-refractivity contribution in [3.63, 3.8) is 0 Å². The van der Waals surface area contributed by atoms with Crippen LogP contribution >= 0.6 is 0 Å². The second-order valence-electron chi connectivity index (χ2n) is 7.04. The Bertz CT molecular complexity index is 1120. The van der Waals surface area contributed by atoms with Crippen molar-refractivity contribution >= 4 is 0 Å². The monoisotopic (exact) mass is 476 g/mol. The molecule has 3 aromatic rings. The molecule has 0 unspecified atom stereocenters. The summed E-state index contributed by atoms with van der Waals surface area (Å²) in [6.07, 6.45) is -3.42. The first-order chi connectivity index (χ1) is 15.5. The van der Waals surface area contributed by atoms with Gasteiger partial charge in [0.25, 0.3) is 0 Å². The van der Waals surface area contributed by atoms with E-state index in [1.165, 1.54) is 0 Å². The average Bonchev–Trinajstić information content (AvgIpc) is 2.73. The van der Waals surface area contributed by atoms with Gasteiger partial charge in [0.1, 0.15) is 29.0 Å². The molecule has 3 aromatic carbocycles. The molecule has 0 aromatic heterocycles. The van der Waals surface area contributed by atoms with E-state index < -0.39 is 59.1 Å². The number of hydrogen-bond acceptors (Lipinski definition) is 2. The molecule has 0 fully saturated rings. The number of halogens is 8. The predicted octanol–water partition coefficient (Wildman–Crippen LogP) is 7.19. The standard InChI is InChI=1S/C23H16F8O2/c1-2-3-16-17(24)6-12(7-18(16)25)15-5-4-13(8-19(15)26)33-23(30,31)11-32-14-9-20(27)22(29)21(28)10-14/h4-10H,2-3,11H2,1H3. The van der Waals surface area contributed by atoms with E-state index in [1.807, 2.05) is 0 Å². The van der Waals surface area contributed by atoms with E-state index in [0.29, 0.717) is 24.6 Å². The maximum atomic E-state index is 14.5. The zero-order chi connectivity index (χ0) is 24.3. The van der Waals surface area contributed by atoms with E-state index in [0.717, 1.165) is 24.3 Å². The van der Waals surface area contributed by atoms with E-state index in [4.69, 9.17) is 0 Å². The van der Waals surface area contributed by atoms with Gasteiger partial charge in [-0.05, 0) is 36.2 Å². The third-order valence-electron chi connectivity index (χ3n) is 4.52. The third kappa shape index (κ3) is 5.74. The highest BCUT2D eigenvalue weighted by Gasteiger charge is 2.33. The second kappa shape index (κ2) is 9.68. The van der Waals surface area contributed by atoms with Gasteiger partial charge in [0.2, 0.25) is 0 Å². The Hall–Kier alpha value is -3.30. The molecule has 0 amide bonds. The summed E-state index contributed by atoms with van der Waals surface area (Å²) < 4.78 is 119. The zero-order valence-electron chi connectivity index (χ0n) is 17.0. The molecule has 0 spiro atoms. The Morgan fingerprint density at radius 2 is 1.30 bits per heavy atom. The van der Waals surface area contributed by atoms with Gasteiger partial charge in [0.05, 0.1) is 0 Å². The smallest absolute Gasteiger partial charge is 0.432 e. The third-order valence-corrected chi connectivity index (χ3v) is 4.52. The molecule has 0 heterocycles. The van der Waals surface area contributed by atoms with Gasteiger partial charge in [-0.25, -0.2) is 26.3 Å². The van der Waals surface area contributed by atoms with Crippen molar-refractivity contribution in [2.45, 2.75) is 25.9 Å². The van der Waals surface area contributed by atoms with Crippen LogP contribution in [0.4, 0.5) is 35.1 Å². The molecule has 0 atom stereocenters. The number of hydrogen-bond donors (Lipinski definition) is 0. The Kier molecular flexibility index (Phi) is 7.14. The molecule has 176 valence electrons. The summed E-state index contributed by atoms with van der Waals surface area (Å²) in [6.45, 7) is 0.207. The topological polar surface area (TPSA) is 18.5 Å². The molecule has 0 N–H and O–H groups in total. The molecule has 0 aliphatic rings. The van der Waals surface area contributed by atoms with Crippen LogP contribution in [0, 0.1) is 34.9 Å². The SMILES string of the molecule is CCCc1c(F)cc(-c2ccc(OC(F)(F)COc3cc(F)c(F)c(F)c3)cc2F)cc1F. The van der Waals surface area contributed by atoms with E-state index in [1.54, 1.807) is 6.92 Å². The molecule has 0 radical (unpaired) electrons. The number of alkyl halides is 2. The van der Waals surface area contributed by atoms with E-state index in [2.05, 4.69) is 9.47 Å². The first-order valence-corrected chi connectivity index (χ1v) is 9.62. The summed E-state index contributed by atoms with van der Waals surface area (Å²) in [6, 6.07) is 5.14. The predicted molar refractivity (Wildman–Crippen MR) is 103 cm³/mol. The molecule has 33 heavy (non-hydrogen) atoms. The van der Waals surface area contributed by atoms with Crippen molar-refractivity contribution in [3.05, 3.63) is 82.9 Å². The van der Waals surface area contributed by atoms with Crippen LogP contribution in [0.5, 0.6) is 11.5 Å². The highest BCUT2D eigenvalue weighted by Crippen LogP contribution is 2.31. The molecule has 0 saturated heterocycles. The van der Waals surface area contributed by atoms with E-state index in [-0.39, 0.29) is 23.1 Å². The highest BCUT2D eigenvalue weighted by molar-refractivity contribution is 5.65. The number of benzene rings is 3. The molecular weight excluding hydrogens is 460 g/mol. The van der Waals surface area contributed by atoms with Crippen molar-refractivity contribution in [3.8, 4) is 22.6 Å². The fourth-order valence-electron chi connectivity index (χ4n) is 3.03. The molecule has 0 bridgehead atoms. The maximum absolute atomic E-state index is 14.5. The van der Waals surface area contributed by atoms with Crippen LogP contribution in [0.25, 0.3) is 11.1 Å². The molecule has 0 aliphatic carbocycles. The Morgan fingerprint density at radius 3 is 1.85 bits per heavy atom. The van der Waals surface area contributed by atoms with Crippen LogP contribution in [0.2, 0.25) is 0 Å². The maximum Gasteiger partial charge on any atom is 0.432 e. The lowest BCUT2D eigenvalue weighted by Gasteiger charge is -2.19. The van der Waals surface area contributed by atoms with Crippen LogP contribution in [-0.4, -0.2) is 12.7 Å². The zero-order valence-corrected chi connectivity index (χ0v) is 17.0. The summed E-state index contributed by atoms with van der Waals surface area (Å²) >= 11 is 0. The Labute approximate surface area is 183 Å². The van der Waals surface area contributed by atoms with Gasteiger partial charge in [-0.3, -0.25) is 0 Å². The molecule has 3 rings (SSSR count). The van der Waals surface area contributed by atoms with Gasteiger partial charge in [-0.2, -0.15) is 8.78 Å². The molecule has 2 nitrogen and oxygen atoms in total. The fraction of sp³-hybridized carbons (Fsp3) is 0.217. The Morgan fingerprint density at radius 1 is 0.727 bits per heavy atom. The van der Waals surface area contributed by atoms with Gasteiger partial charge in [0.15, 0.2) is 24.1 Å². The van der Waals surface area contributed by atoms with Crippen molar-refractivity contribution < 1.29 is 44.6 Å². The van der Waals surface area contributed by atoms with Crippen molar-refractivity contribution in [1.82, 2.24) is 0 Å². The van der Waals surface area contributed by atoms with Crippen molar-refractivity contribution in [2.75, 3.05) is 6.61 Å². The number of ether oxygens (including phenoxy) is 2. The minimum absolute atomic E-state index is 0.135. The van der Waals surface area contributed by atoms with Gasteiger partial charge >= 0.3 is 6.11 Å². The van der Waals surface area contributed by atoms with Crippen molar-refractivity contribution in [2.24, 2.45) is 0 Å². The lowest BCUT2D eigenvalue weighted by atomic mass is 10.0. The van der Waals surface area contributed by atoms with E-state index >= 15 is 0 Å². The largest absolute Gasteiger partial charge is 0.483 e. The lowest BCUT2D eigenvalue weighted by molar-refractivity contribution is -0.195. The molecule has 0 aliphatic heterocycles.